The Morgan fingerprint density at radius 3 is 2.53 bits per heavy atom. The minimum atomic E-state index is -4.54. The molecule has 0 atom stereocenters. The Bertz CT molecular complexity index is 441. The molecular formula is C11H10F3NO2. The molecule has 92 valence electrons. The lowest BCUT2D eigenvalue weighted by atomic mass is 10.1. The predicted molar refractivity (Wildman–Crippen MR) is 55.9 cm³/mol. The number of carbonyl (C=O) groups excluding carboxylic acids is 2. The highest BCUT2D eigenvalue weighted by Crippen LogP contribution is 2.21. The van der Waals surface area contributed by atoms with Crippen LogP contribution in [0.5, 0.6) is 0 Å². The summed E-state index contributed by atoms with van der Waals surface area (Å²) in [4.78, 5) is 21.6. The lowest BCUT2D eigenvalue weighted by Crippen LogP contribution is -2.21. The van der Waals surface area contributed by atoms with E-state index in [0.29, 0.717) is 17.4 Å². The van der Waals surface area contributed by atoms with Crippen molar-refractivity contribution >= 4 is 17.9 Å². The molecule has 1 aromatic carbocycles. The molecule has 0 unspecified atom stereocenters. The van der Waals surface area contributed by atoms with E-state index in [4.69, 9.17) is 0 Å². The normalized spacial score (nSPS) is 11.1. The van der Waals surface area contributed by atoms with Gasteiger partial charge in [-0.05, 0) is 30.7 Å². The Kier molecular flexibility index (Phi) is 3.88. The van der Waals surface area contributed by atoms with Crippen LogP contribution in [0.25, 0.3) is 0 Å². The van der Waals surface area contributed by atoms with Gasteiger partial charge in [-0.2, -0.15) is 13.2 Å². The smallest absolute Gasteiger partial charge is 0.326 e. The number of aryl methyl sites for hydroxylation is 1. The monoisotopic (exact) mass is 245 g/mol. The summed E-state index contributed by atoms with van der Waals surface area (Å²) in [6.07, 6.45) is -5.52. The van der Waals surface area contributed by atoms with Crippen LogP contribution in [0.3, 0.4) is 0 Å². The molecule has 0 radical (unpaired) electrons. The molecule has 1 amide bonds. The predicted octanol–water partition coefficient (Wildman–Crippen LogP) is 2.70. The summed E-state index contributed by atoms with van der Waals surface area (Å²) in [5.41, 5.74) is 1.16. The second kappa shape index (κ2) is 4.99. The minimum Gasteiger partial charge on any atom is -0.326 e. The zero-order valence-electron chi connectivity index (χ0n) is 8.97. The van der Waals surface area contributed by atoms with Gasteiger partial charge in [0.05, 0.1) is 0 Å². The maximum atomic E-state index is 11.9. The molecule has 0 bridgehead atoms. The molecule has 0 fully saturated rings. The first-order valence-electron chi connectivity index (χ1n) is 4.73. The fourth-order valence-corrected chi connectivity index (χ4v) is 1.34. The number of hydrogen-bond donors (Lipinski definition) is 1. The van der Waals surface area contributed by atoms with Crippen molar-refractivity contribution < 1.29 is 22.8 Å². The van der Waals surface area contributed by atoms with E-state index in [1.807, 2.05) is 0 Å². The lowest BCUT2D eigenvalue weighted by molar-refractivity contribution is -0.150. The molecule has 0 aliphatic heterocycles. The van der Waals surface area contributed by atoms with E-state index < -0.39 is 18.5 Å². The van der Waals surface area contributed by atoms with Crippen molar-refractivity contribution in [2.75, 3.05) is 5.32 Å². The molecule has 0 aliphatic rings. The molecule has 1 rings (SSSR count). The summed E-state index contributed by atoms with van der Waals surface area (Å²) < 4.78 is 35.7. The van der Waals surface area contributed by atoms with Gasteiger partial charge in [-0.25, -0.2) is 0 Å². The van der Waals surface area contributed by atoms with Crippen molar-refractivity contribution in [1.82, 2.24) is 0 Å². The zero-order valence-corrected chi connectivity index (χ0v) is 8.97. The van der Waals surface area contributed by atoms with Crippen LogP contribution in [0.2, 0.25) is 0 Å². The number of alkyl halides is 3. The van der Waals surface area contributed by atoms with Gasteiger partial charge in [0, 0.05) is 11.3 Å². The molecule has 0 aliphatic carbocycles. The molecule has 0 saturated carbocycles. The molecule has 0 aromatic heterocycles. The minimum absolute atomic E-state index is 0.182. The van der Waals surface area contributed by atoms with Crippen molar-refractivity contribution in [3.8, 4) is 0 Å². The third-order valence-corrected chi connectivity index (χ3v) is 1.88. The highest BCUT2D eigenvalue weighted by Gasteiger charge is 2.31. The summed E-state index contributed by atoms with van der Waals surface area (Å²) >= 11 is 0. The van der Waals surface area contributed by atoms with Crippen molar-refractivity contribution in [3.63, 3.8) is 0 Å². The molecule has 3 nitrogen and oxygen atoms in total. The lowest BCUT2D eigenvalue weighted by Gasteiger charge is -2.08. The van der Waals surface area contributed by atoms with Crippen molar-refractivity contribution in [1.29, 1.82) is 0 Å². The molecule has 1 N–H and O–H groups in total. The number of benzene rings is 1. The number of rotatable bonds is 3. The van der Waals surface area contributed by atoms with Crippen LogP contribution in [0.15, 0.2) is 18.2 Å². The highest BCUT2D eigenvalue weighted by atomic mass is 19.4. The van der Waals surface area contributed by atoms with Gasteiger partial charge in [0.25, 0.3) is 0 Å². The number of anilines is 1. The molecule has 6 heteroatoms. The largest absolute Gasteiger partial charge is 0.397 e. The number of carbonyl (C=O) groups is 2. The van der Waals surface area contributed by atoms with E-state index in [0.717, 1.165) is 0 Å². The first-order valence-corrected chi connectivity index (χ1v) is 4.73. The van der Waals surface area contributed by atoms with Crippen LogP contribution in [0.4, 0.5) is 18.9 Å². The van der Waals surface area contributed by atoms with E-state index in [9.17, 15) is 22.8 Å². The average Bonchev–Trinajstić information content (AvgIpc) is 2.13. The van der Waals surface area contributed by atoms with E-state index in [-0.39, 0.29) is 5.69 Å². The second-order valence-corrected chi connectivity index (χ2v) is 3.59. The van der Waals surface area contributed by atoms with Gasteiger partial charge in [-0.3, -0.25) is 9.59 Å². The Labute approximate surface area is 95.6 Å². The Morgan fingerprint density at radius 1 is 1.35 bits per heavy atom. The van der Waals surface area contributed by atoms with Gasteiger partial charge >= 0.3 is 6.18 Å². The first kappa shape index (κ1) is 13.2. The van der Waals surface area contributed by atoms with Crippen LogP contribution in [-0.2, 0) is 4.79 Å². The van der Waals surface area contributed by atoms with Crippen molar-refractivity contribution in [3.05, 3.63) is 29.3 Å². The Morgan fingerprint density at radius 2 is 2.00 bits per heavy atom. The number of aldehydes is 1. The second-order valence-electron chi connectivity index (χ2n) is 3.59. The standard InChI is InChI=1S/C11H10F3NO2/c1-7-2-8(6-16)4-9(3-7)15-10(17)5-11(12,13)14/h2-4,6H,5H2,1H3,(H,15,17). The van der Waals surface area contributed by atoms with Gasteiger partial charge in [0.1, 0.15) is 12.7 Å². The summed E-state index contributed by atoms with van der Waals surface area (Å²) in [5.74, 6) is -1.15. The molecule has 0 heterocycles. The van der Waals surface area contributed by atoms with E-state index in [1.165, 1.54) is 12.1 Å². The van der Waals surface area contributed by atoms with Crippen LogP contribution in [-0.4, -0.2) is 18.4 Å². The van der Waals surface area contributed by atoms with Crippen molar-refractivity contribution in [2.45, 2.75) is 19.5 Å². The average molecular weight is 245 g/mol. The molecule has 0 spiro atoms. The fraction of sp³-hybridized carbons (Fsp3) is 0.273. The number of halogens is 3. The summed E-state index contributed by atoms with van der Waals surface area (Å²) in [6, 6.07) is 4.36. The molecule has 0 saturated heterocycles. The maximum absolute atomic E-state index is 11.9. The Balaban J connectivity index is 2.78. The van der Waals surface area contributed by atoms with Crippen LogP contribution in [0.1, 0.15) is 22.3 Å². The van der Waals surface area contributed by atoms with E-state index in [2.05, 4.69) is 5.32 Å². The van der Waals surface area contributed by atoms with Gasteiger partial charge < -0.3 is 5.32 Å². The zero-order chi connectivity index (χ0) is 13.1. The number of amides is 1. The summed E-state index contributed by atoms with van der Waals surface area (Å²) in [6.45, 7) is 1.67. The quantitative estimate of drug-likeness (QED) is 0.832. The van der Waals surface area contributed by atoms with Crippen LogP contribution in [0, 0.1) is 6.92 Å². The van der Waals surface area contributed by atoms with E-state index >= 15 is 0 Å². The number of nitrogens with one attached hydrogen (secondary N) is 1. The van der Waals surface area contributed by atoms with Gasteiger partial charge in [0.15, 0.2) is 0 Å². The first-order chi connectivity index (χ1) is 7.80. The highest BCUT2D eigenvalue weighted by molar-refractivity contribution is 5.92. The van der Waals surface area contributed by atoms with Gasteiger partial charge in [-0.1, -0.05) is 0 Å². The fourth-order valence-electron chi connectivity index (χ4n) is 1.34. The number of hydrogen-bond acceptors (Lipinski definition) is 2. The van der Waals surface area contributed by atoms with E-state index in [1.54, 1.807) is 13.0 Å². The third kappa shape index (κ3) is 4.67. The van der Waals surface area contributed by atoms with Gasteiger partial charge in [-0.15, -0.1) is 0 Å². The topological polar surface area (TPSA) is 46.2 Å². The third-order valence-electron chi connectivity index (χ3n) is 1.88. The SMILES string of the molecule is Cc1cc(C=O)cc(NC(=O)CC(F)(F)F)c1. The van der Waals surface area contributed by atoms with Crippen molar-refractivity contribution in [2.24, 2.45) is 0 Å². The summed E-state index contributed by atoms with van der Waals surface area (Å²) in [7, 11) is 0. The molecular weight excluding hydrogens is 235 g/mol. The Hall–Kier alpha value is -1.85. The molecule has 17 heavy (non-hydrogen) atoms. The van der Waals surface area contributed by atoms with Crippen LogP contribution >= 0.6 is 0 Å². The molecule has 1 aromatic rings. The maximum Gasteiger partial charge on any atom is 0.397 e. The summed E-state index contributed by atoms with van der Waals surface area (Å²) in [5, 5.41) is 2.10. The van der Waals surface area contributed by atoms with Crippen LogP contribution < -0.4 is 5.32 Å². The van der Waals surface area contributed by atoms with Gasteiger partial charge in [0.2, 0.25) is 5.91 Å².